The van der Waals surface area contributed by atoms with Crippen LogP contribution in [0.1, 0.15) is 5.56 Å². The average molecular weight is 364 g/mol. The van der Waals surface area contributed by atoms with Crippen LogP contribution in [-0.4, -0.2) is 4.98 Å². The zero-order valence-electron chi connectivity index (χ0n) is 14.2. The molecule has 0 spiro atoms. The van der Waals surface area contributed by atoms with Gasteiger partial charge in [0.15, 0.2) is 0 Å². The summed E-state index contributed by atoms with van der Waals surface area (Å²) in [6.45, 7) is 0. The highest BCUT2D eigenvalue weighted by atomic mass is 19.4. The second kappa shape index (κ2) is 6.43. The fraction of sp³-hybridized carbons (Fsp3) is 0.0455. The van der Waals surface area contributed by atoms with Crippen molar-refractivity contribution in [3.63, 3.8) is 0 Å². The van der Waals surface area contributed by atoms with Crippen LogP contribution in [0, 0.1) is 0 Å². The van der Waals surface area contributed by atoms with E-state index in [1.165, 1.54) is 6.07 Å². The molecule has 2 nitrogen and oxygen atoms in total. The van der Waals surface area contributed by atoms with Crippen LogP contribution >= 0.6 is 0 Å². The smallest absolute Gasteiger partial charge is 0.383 e. The molecule has 0 radical (unpaired) electrons. The molecule has 0 fully saturated rings. The monoisotopic (exact) mass is 364 g/mol. The van der Waals surface area contributed by atoms with Crippen molar-refractivity contribution in [2.24, 2.45) is 0 Å². The molecule has 5 heteroatoms. The Morgan fingerprint density at radius 3 is 2.30 bits per heavy atom. The van der Waals surface area contributed by atoms with E-state index < -0.39 is 11.7 Å². The van der Waals surface area contributed by atoms with Gasteiger partial charge >= 0.3 is 6.18 Å². The van der Waals surface area contributed by atoms with Crippen molar-refractivity contribution < 1.29 is 13.2 Å². The maximum Gasteiger partial charge on any atom is 0.416 e. The summed E-state index contributed by atoms with van der Waals surface area (Å²) in [5.41, 5.74) is 7.88. The lowest BCUT2D eigenvalue weighted by Gasteiger charge is -2.12. The van der Waals surface area contributed by atoms with Gasteiger partial charge < -0.3 is 5.73 Å². The number of fused-ring (bicyclic) bond motifs is 1. The number of nitrogen functional groups attached to an aromatic ring is 1. The summed E-state index contributed by atoms with van der Waals surface area (Å²) in [5, 5.41) is 2.12. The SMILES string of the molecule is Nc1ncc(-c2cccc3ccccc23)cc1-c1cccc(C(F)(F)F)c1. The summed E-state index contributed by atoms with van der Waals surface area (Å²) in [6.07, 6.45) is -2.76. The fourth-order valence-electron chi connectivity index (χ4n) is 3.19. The normalized spacial score (nSPS) is 11.7. The lowest BCUT2D eigenvalue weighted by atomic mass is 9.96. The number of alkyl halides is 3. The van der Waals surface area contributed by atoms with Crippen molar-refractivity contribution >= 4 is 16.6 Å². The Kier molecular flexibility index (Phi) is 4.07. The Hall–Kier alpha value is -3.34. The highest BCUT2D eigenvalue weighted by molar-refractivity contribution is 5.97. The summed E-state index contributed by atoms with van der Waals surface area (Å²) in [6, 6.07) is 20.8. The molecule has 0 atom stereocenters. The van der Waals surface area contributed by atoms with E-state index in [9.17, 15) is 13.2 Å². The molecule has 2 N–H and O–H groups in total. The molecule has 0 unspecified atom stereocenters. The zero-order valence-corrected chi connectivity index (χ0v) is 14.2. The number of nitrogens with zero attached hydrogens (tertiary/aromatic N) is 1. The number of aromatic nitrogens is 1. The lowest BCUT2D eigenvalue weighted by molar-refractivity contribution is -0.137. The first-order valence-electron chi connectivity index (χ1n) is 8.35. The molecule has 1 heterocycles. The van der Waals surface area contributed by atoms with Crippen LogP contribution in [-0.2, 0) is 6.18 Å². The summed E-state index contributed by atoms with van der Waals surface area (Å²) in [7, 11) is 0. The molecule has 3 aromatic carbocycles. The maximum absolute atomic E-state index is 13.1. The Morgan fingerprint density at radius 2 is 1.48 bits per heavy atom. The van der Waals surface area contributed by atoms with Gasteiger partial charge in [-0.1, -0.05) is 54.6 Å². The van der Waals surface area contributed by atoms with Gasteiger partial charge in [-0.2, -0.15) is 13.2 Å². The van der Waals surface area contributed by atoms with Crippen LogP contribution in [0.25, 0.3) is 33.0 Å². The molecule has 0 bridgehead atoms. The van der Waals surface area contributed by atoms with Crippen LogP contribution in [0.5, 0.6) is 0 Å². The number of pyridine rings is 1. The first-order chi connectivity index (χ1) is 12.9. The van der Waals surface area contributed by atoms with Crippen LogP contribution in [0.2, 0.25) is 0 Å². The molecular formula is C22H15F3N2. The van der Waals surface area contributed by atoms with Crippen LogP contribution in [0.3, 0.4) is 0 Å². The first-order valence-corrected chi connectivity index (χ1v) is 8.35. The molecule has 0 saturated carbocycles. The summed E-state index contributed by atoms with van der Waals surface area (Å²) in [5.74, 6) is 0.193. The van der Waals surface area contributed by atoms with Gasteiger partial charge in [-0.25, -0.2) is 4.98 Å². The highest BCUT2D eigenvalue weighted by Crippen LogP contribution is 2.36. The van der Waals surface area contributed by atoms with E-state index in [1.807, 2.05) is 42.5 Å². The molecular weight excluding hydrogens is 349 g/mol. The van der Waals surface area contributed by atoms with Gasteiger partial charge in [0.05, 0.1) is 5.56 Å². The van der Waals surface area contributed by atoms with Crippen LogP contribution in [0.4, 0.5) is 19.0 Å². The molecule has 4 aromatic rings. The van der Waals surface area contributed by atoms with Gasteiger partial charge in [0, 0.05) is 17.3 Å². The van der Waals surface area contributed by atoms with Crippen molar-refractivity contribution in [3.8, 4) is 22.3 Å². The molecule has 0 amide bonds. The molecule has 0 aliphatic rings. The number of hydrogen-bond donors (Lipinski definition) is 1. The Balaban J connectivity index is 1.88. The third-order valence-corrected chi connectivity index (χ3v) is 4.52. The number of halogens is 3. The zero-order chi connectivity index (χ0) is 19.0. The van der Waals surface area contributed by atoms with Crippen LogP contribution in [0.15, 0.2) is 79.0 Å². The van der Waals surface area contributed by atoms with E-state index in [4.69, 9.17) is 5.73 Å². The van der Waals surface area contributed by atoms with E-state index >= 15 is 0 Å². The predicted octanol–water partition coefficient (Wildman–Crippen LogP) is 6.17. The minimum atomic E-state index is -4.41. The molecule has 0 saturated heterocycles. The standard InChI is InChI=1S/C22H15F3N2/c23-22(24,25)17-8-3-7-15(11-17)20-12-16(13-27-21(20)26)19-10-4-6-14-5-1-2-9-18(14)19/h1-13H,(H2,26,27). The number of rotatable bonds is 2. The molecule has 4 rings (SSSR count). The van der Waals surface area contributed by atoms with Gasteiger partial charge in [-0.15, -0.1) is 0 Å². The van der Waals surface area contributed by atoms with Gasteiger partial charge in [-0.05, 0) is 40.1 Å². The lowest BCUT2D eigenvalue weighted by Crippen LogP contribution is -2.05. The second-order valence-electron chi connectivity index (χ2n) is 6.26. The molecule has 1 aromatic heterocycles. The Morgan fingerprint density at radius 1 is 0.741 bits per heavy atom. The van der Waals surface area contributed by atoms with Gasteiger partial charge in [-0.3, -0.25) is 0 Å². The van der Waals surface area contributed by atoms with Gasteiger partial charge in [0.2, 0.25) is 0 Å². The number of benzene rings is 3. The molecule has 134 valence electrons. The average Bonchev–Trinajstić information content (AvgIpc) is 2.67. The third-order valence-electron chi connectivity index (χ3n) is 4.52. The van der Waals surface area contributed by atoms with Crippen molar-refractivity contribution in [2.75, 3.05) is 5.73 Å². The Labute approximate surface area is 154 Å². The van der Waals surface area contributed by atoms with E-state index in [2.05, 4.69) is 4.98 Å². The van der Waals surface area contributed by atoms with Crippen molar-refractivity contribution in [3.05, 3.63) is 84.6 Å². The van der Waals surface area contributed by atoms with E-state index in [1.54, 1.807) is 18.3 Å². The van der Waals surface area contributed by atoms with Gasteiger partial charge in [0.25, 0.3) is 0 Å². The second-order valence-corrected chi connectivity index (χ2v) is 6.26. The highest BCUT2D eigenvalue weighted by Gasteiger charge is 2.30. The minimum absolute atomic E-state index is 0.193. The molecule has 27 heavy (non-hydrogen) atoms. The number of hydrogen-bond acceptors (Lipinski definition) is 2. The van der Waals surface area contributed by atoms with Crippen molar-refractivity contribution in [1.29, 1.82) is 0 Å². The van der Waals surface area contributed by atoms with E-state index in [0.29, 0.717) is 11.1 Å². The summed E-state index contributed by atoms with van der Waals surface area (Å²) >= 11 is 0. The third kappa shape index (κ3) is 3.24. The number of nitrogens with two attached hydrogens (primary N) is 1. The summed E-state index contributed by atoms with van der Waals surface area (Å²) in [4.78, 5) is 4.23. The molecule has 0 aliphatic carbocycles. The van der Waals surface area contributed by atoms with Crippen molar-refractivity contribution in [2.45, 2.75) is 6.18 Å². The molecule has 0 aliphatic heterocycles. The Bertz CT molecular complexity index is 1130. The largest absolute Gasteiger partial charge is 0.416 e. The number of anilines is 1. The minimum Gasteiger partial charge on any atom is -0.383 e. The predicted molar refractivity (Wildman–Crippen MR) is 102 cm³/mol. The fourth-order valence-corrected chi connectivity index (χ4v) is 3.19. The quantitative estimate of drug-likeness (QED) is 0.462. The van der Waals surface area contributed by atoms with Crippen LogP contribution < -0.4 is 5.73 Å². The summed E-state index contributed by atoms with van der Waals surface area (Å²) < 4.78 is 39.2. The van der Waals surface area contributed by atoms with Gasteiger partial charge in [0.1, 0.15) is 5.82 Å². The van der Waals surface area contributed by atoms with E-state index in [-0.39, 0.29) is 5.82 Å². The topological polar surface area (TPSA) is 38.9 Å². The van der Waals surface area contributed by atoms with Crippen molar-refractivity contribution in [1.82, 2.24) is 4.98 Å². The maximum atomic E-state index is 13.1. The van der Waals surface area contributed by atoms with E-state index in [0.717, 1.165) is 34.0 Å². The first kappa shape index (κ1) is 17.1.